The van der Waals surface area contributed by atoms with E-state index in [9.17, 15) is 26.3 Å². The van der Waals surface area contributed by atoms with Crippen LogP contribution >= 0.6 is 0 Å². The van der Waals surface area contributed by atoms with Crippen LogP contribution in [0.15, 0.2) is 18.2 Å². The number of nitrogens with one attached hydrogen (secondary N) is 1. The minimum atomic E-state index is -4.64. The number of hydrogen-bond donors (Lipinski definition) is 1. The van der Waals surface area contributed by atoms with Crippen LogP contribution < -0.4 is 5.32 Å². The number of hydrogen-bond acceptors (Lipinski definition) is 2. The normalized spacial score (nSPS) is 18.7. The molecule has 124 valence electrons. The minimum absolute atomic E-state index is 0.322. The second-order valence-corrected chi connectivity index (χ2v) is 5.16. The second kappa shape index (κ2) is 6.87. The highest BCUT2D eigenvalue weighted by molar-refractivity contribution is 5.30. The van der Waals surface area contributed by atoms with Crippen LogP contribution in [-0.2, 0) is 6.18 Å². The number of nitrogens with zero attached hydrogens (tertiary/aromatic N) is 1. The molecule has 0 aliphatic carbocycles. The largest absolute Gasteiger partial charge is 0.416 e. The van der Waals surface area contributed by atoms with E-state index in [2.05, 4.69) is 5.32 Å². The highest BCUT2D eigenvalue weighted by Crippen LogP contribution is 2.35. The first-order valence-electron chi connectivity index (χ1n) is 6.88. The molecule has 1 atom stereocenters. The first-order valence-corrected chi connectivity index (χ1v) is 6.88. The lowest BCUT2D eigenvalue weighted by Gasteiger charge is -2.35. The lowest BCUT2D eigenvalue weighted by Crippen LogP contribution is -2.45. The average Bonchev–Trinajstić information content (AvgIpc) is 2.45. The molecule has 1 heterocycles. The lowest BCUT2D eigenvalue weighted by molar-refractivity contribution is -0.137. The van der Waals surface area contributed by atoms with Gasteiger partial charge >= 0.3 is 6.18 Å². The van der Waals surface area contributed by atoms with Gasteiger partial charge in [0.2, 0.25) is 6.43 Å². The van der Waals surface area contributed by atoms with Crippen LogP contribution in [0.5, 0.6) is 0 Å². The first-order chi connectivity index (χ1) is 10.3. The summed E-state index contributed by atoms with van der Waals surface area (Å²) in [5.74, 6) is -0.891. The van der Waals surface area contributed by atoms with Crippen LogP contribution in [0.25, 0.3) is 0 Å². The molecule has 0 bridgehead atoms. The first kappa shape index (κ1) is 17.1. The zero-order valence-corrected chi connectivity index (χ0v) is 11.6. The molecule has 22 heavy (non-hydrogen) atoms. The van der Waals surface area contributed by atoms with Crippen molar-refractivity contribution >= 4 is 0 Å². The fourth-order valence-corrected chi connectivity index (χ4v) is 2.61. The number of halogens is 6. The SMILES string of the molecule is Fc1ccc(C(F)(F)F)cc1[C@H](CC(F)F)N1CCNCC1. The molecular formula is C14H16F6N2. The average molecular weight is 326 g/mol. The van der Waals surface area contributed by atoms with E-state index in [1.54, 1.807) is 4.90 Å². The Hall–Kier alpha value is -1.28. The van der Waals surface area contributed by atoms with Gasteiger partial charge in [0.15, 0.2) is 0 Å². The summed E-state index contributed by atoms with van der Waals surface area (Å²) in [5, 5.41) is 3.02. The Morgan fingerprint density at radius 2 is 1.77 bits per heavy atom. The summed E-state index contributed by atoms with van der Waals surface area (Å²) in [7, 11) is 0. The fraction of sp³-hybridized carbons (Fsp3) is 0.571. The third-order valence-electron chi connectivity index (χ3n) is 3.68. The van der Waals surface area contributed by atoms with Gasteiger partial charge in [-0.15, -0.1) is 0 Å². The highest BCUT2D eigenvalue weighted by Gasteiger charge is 2.34. The van der Waals surface area contributed by atoms with E-state index >= 15 is 0 Å². The molecule has 1 aromatic rings. The molecule has 0 spiro atoms. The molecule has 1 aliphatic heterocycles. The molecule has 2 nitrogen and oxygen atoms in total. The summed E-state index contributed by atoms with van der Waals surface area (Å²) in [6.07, 6.45) is -8.06. The number of piperazine rings is 1. The van der Waals surface area contributed by atoms with Gasteiger partial charge in [0.25, 0.3) is 0 Å². The van der Waals surface area contributed by atoms with Crippen molar-refractivity contribution in [1.29, 1.82) is 0 Å². The third kappa shape index (κ3) is 4.13. The Kier molecular flexibility index (Phi) is 5.33. The van der Waals surface area contributed by atoms with Crippen molar-refractivity contribution in [3.05, 3.63) is 35.1 Å². The van der Waals surface area contributed by atoms with Gasteiger partial charge < -0.3 is 5.32 Å². The molecule has 1 aromatic carbocycles. The molecular weight excluding hydrogens is 310 g/mol. The molecule has 1 saturated heterocycles. The number of rotatable bonds is 4. The standard InChI is InChI=1S/C14H16F6N2/c15-11-2-1-9(14(18,19)20)7-10(11)12(8-13(16)17)22-5-3-21-4-6-22/h1-2,7,12-13,21H,3-6,8H2/t12-/m0/s1. The van der Waals surface area contributed by atoms with E-state index in [0.29, 0.717) is 44.4 Å². The lowest BCUT2D eigenvalue weighted by atomic mass is 9.98. The van der Waals surface area contributed by atoms with E-state index in [1.165, 1.54) is 0 Å². The Labute approximate surface area is 124 Å². The monoisotopic (exact) mass is 326 g/mol. The van der Waals surface area contributed by atoms with Crippen LogP contribution in [0, 0.1) is 5.82 Å². The van der Waals surface area contributed by atoms with Gasteiger partial charge in [-0.25, -0.2) is 13.2 Å². The van der Waals surface area contributed by atoms with Crippen LogP contribution in [0.1, 0.15) is 23.6 Å². The predicted octanol–water partition coefficient (Wildman–Crippen LogP) is 3.45. The van der Waals surface area contributed by atoms with Crippen molar-refractivity contribution < 1.29 is 26.3 Å². The molecule has 8 heteroatoms. The highest BCUT2D eigenvalue weighted by atomic mass is 19.4. The minimum Gasteiger partial charge on any atom is -0.314 e. The van der Waals surface area contributed by atoms with Gasteiger partial charge in [0.1, 0.15) is 5.82 Å². The van der Waals surface area contributed by atoms with Crippen molar-refractivity contribution in [2.75, 3.05) is 26.2 Å². The molecule has 2 rings (SSSR count). The van der Waals surface area contributed by atoms with Crippen LogP contribution in [0.2, 0.25) is 0 Å². The van der Waals surface area contributed by atoms with Gasteiger partial charge in [0.05, 0.1) is 5.56 Å². The van der Waals surface area contributed by atoms with E-state index in [1.807, 2.05) is 0 Å². The summed E-state index contributed by atoms with van der Waals surface area (Å²) in [4.78, 5) is 1.60. The zero-order chi connectivity index (χ0) is 16.3. The predicted molar refractivity (Wildman–Crippen MR) is 69.2 cm³/mol. The van der Waals surface area contributed by atoms with Crippen molar-refractivity contribution in [3.63, 3.8) is 0 Å². The van der Waals surface area contributed by atoms with Crippen molar-refractivity contribution in [3.8, 4) is 0 Å². The van der Waals surface area contributed by atoms with E-state index in [-0.39, 0.29) is 5.56 Å². The summed E-state index contributed by atoms with van der Waals surface area (Å²) >= 11 is 0. The van der Waals surface area contributed by atoms with E-state index in [0.717, 1.165) is 0 Å². The number of benzene rings is 1. The molecule has 0 radical (unpaired) electrons. The summed E-state index contributed by atoms with van der Waals surface area (Å²) in [5.41, 5.74) is -1.35. The zero-order valence-electron chi connectivity index (χ0n) is 11.6. The smallest absolute Gasteiger partial charge is 0.314 e. The van der Waals surface area contributed by atoms with Crippen molar-refractivity contribution in [2.24, 2.45) is 0 Å². The van der Waals surface area contributed by atoms with Crippen LogP contribution in [0.3, 0.4) is 0 Å². The third-order valence-corrected chi connectivity index (χ3v) is 3.68. The topological polar surface area (TPSA) is 15.3 Å². The molecule has 0 unspecified atom stereocenters. The van der Waals surface area contributed by atoms with Gasteiger partial charge in [0, 0.05) is 44.2 Å². The molecule has 0 saturated carbocycles. The summed E-state index contributed by atoms with van der Waals surface area (Å²) in [6.45, 7) is 1.82. The van der Waals surface area contributed by atoms with Crippen molar-refractivity contribution in [2.45, 2.75) is 25.1 Å². The fourth-order valence-electron chi connectivity index (χ4n) is 2.61. The van der Waals surface area contributed by atoms with E-state index in [4.69, 9.17) is 0 Å². The van der Waals surface area contributed by atoms with Crippen LogP contribution in [-0.4, -0.2) is 37.5 Å². The second-order valence-electron chi connectivity index (χ2n) is 5.16. The summed E-state index contributed by atoms with van der Waals surface area (Å²) in [6, 6.07) is 0.892. The Bertz CT molecular complexity index is 497. The molecule has 1 fully saturated rings. The maximum Gasteiger partial charge on any atom is 0.416 e. The van der Waals surface area contributed by atoms with Gasteiger partial charge in [-0.05, 0) is 18.2 Å². The number of alkyl halides is 5. The van der Waals surface area contributed by atoms with Gasteiger partial charge in [-0.2, -0.15) is 13.2 Å². The summed E-state index contributed by atoms with van der Waals surface area (Å²) < 4.78 is 77.9. The quantitative estimate of drug-likeness (QED) is 0.853. The molecule has 0 aromatic heterocycles. The Morgan fingerprint density at radius 1 is 1.14 bits per heavy atom. The van der Waals surface area contributed by atoms with Gasteiger partial charge in [-0.1, -0.05) is 0 Å². The van der Waals surface area contributed by atoms with Gasteiger partial charge in [-0.3, -0.25) is 4.90 Å². The van der Waals surface area contributed by atoms with E-state index < -0.39 is 36.4 Å². The molecule has 0 amide bonds. The molecule has 1 N–H and O–H groups in total. The van der Waals surface area contributed by atoms with Crippen molar-refractivity contribution in [1.82, 2.24) is 10.2 Å². The maximum atomic E-state index is 14.0. The Morgan fingerprint density at radius 3 is 2.32 bits per heavy atom. The molecule has 1 aliphatic rings. The van der Waals surface area contributed by atoms with Crippen LogP contribution in [0.4, 0.5) is 26.3 Å². The maximum absolute atomic E-state index is 14.0. The Balaban J connectivity index is 2.37.